The fraction of sp³-hybridized carbons (Fsp3) is 0.340. The van der Waals surface area contributed by atoms with E-state index in [0.717, 1.165) is 67.4 Å². The third kappa shape index (κ3) is 7.80. The number of aryl methyl sites for hydroxylation is 1. The first kappa shape index (κ1) is 39.6. The number of rotatable bonds is 11. The summed E-state index contributed by atoms with van der Waals surface area (Å²) in [6, 6.07) is 26.9. The van der Waals surface area contributed by atoms with Gasteiger partial charge in [0.1, 0.15) is 18.3 Å². The van der Waals surface area contributed by atoms with E-state index in [4.69, 9.17) is 18.9 Å². The summed E-state index contributed by atoms with van der Waals surface area (Å²) in [5, 5.41) is 3.03. The smallest absolute Gasteiger partial charge is 0.263 e. The van der Waals surface area contributed by atoms with Gasteiger partial charge in [-0.15, -0.1) is 0 Å². The Bertz CT molecular complexity index is 2600. The average Bonchev–Trinajstić information content (AvgIpc) is 3.79. The summed E-state index contributed by atoms with van der Waals surface area (Å²) in [7, 11) is -1.30. The molecule has 0 atom stereocenters. The van der Waals surface area contributed by atoms with Gasteiger partial charge in [-0.1, -0.05) is 43.9 Å². The zero-order chi connectivity index (χ0) is 41.6. The van der Waals surface area contributed by atoms with Crippen molar-refractivity contribution in [2.45, 2.75) is 58.6 Å². The molecule has 3 aliphatic heterocycles. The van der Waals surface area contributed by atoms with Crippen LogP contribution in [0.5, 0.6) is 0 Å². The van der Waals surface area contributed by atoms with Crippen LogP contribution in [0.1, 0.15) is 61.1 Å². The van der Waals surface area contributed by atoms with Crippen LogP contribution in [0, 0.1) is 12.3 Å². The lowest BCUT2D eigenvalue weighted by atomic mass is 9.73. The quantitative estimate of drug-likeness (QED) is 0.0775. The maximum Gasteiger partial charge on any atom is 0.263 e. The van der Waals surface area contributed by atoms with Gasteiger partial charge < -0.3 is 29.0 Å². The number of aromatic nitrogens is 3. The summed E-state index contributed by atoms with van der Waals surface area (Å²) < 4.78 is 19.9. The van der Waals surface area contributed by atoms with E-state index in [1.54, 1.807) is 41.4 Å². The Hall–Kier alpha value is -5.89. The number of nitrogens with zero attached hydrogens (tertiary/aromatic N) is 5. The molecule has 2 amide bonds. The maximum absolute atomic E-state index is 14.2. The third-order valence-corrected chi connectivity index (χ3v) is 13.6. The van der Waals surface area contributed by atoms with Crippen LogP contribution in [0.15, 0.2) is 95.5 Å². The molecule has 13 heteroatoms. The lowest BCUT2D eigenvalue weighted by Gasteiger charge is -2.53. The molecule has 3 aliphatic rings. The topological polar surface area (TPSA) is 132 Å². The molecule has 9 rings (SSSR count). The highest BCUT2D eigenvalue weighted by atomic mass is 28.3. The van der Waals surface area contributed by atoms with E-state index in [2.05, 4.69) is 34.8 Å². The van der Waals surface area contributed by atoms with E-state index in [9.17, 15) is 14.4 Å². The molecule has 6 aromatic rings. The normalized spacial score (nSPS) is 15.9. The molecule has 2 saturated heterocycles. The van der Waals surface area contributed by atoms with Gasteiger partial charge in [-0.2, -0.15) is 0 Å². The highest BCUT2D eigenvalue weighted by molar-refractivity contribution is 6.76. The largest absolute Gasteiger partial charge is 0.452 e. The molecule has 0 unspecified atom stereocenters. The highest BCUT2D eigenvalue weighted by Crippen LogP contribution is 2.43. The van der Waals surface area contributed by atoms with Gasteiger partial charge in [0, 0.05) is 81.5 Å². The second-order valence-corrected chi connectivity index (χ2v) is 23.2. The summed E-state index contributed by atoms with van der Waals surface area (Å²) >= 11 is 0. The number of hydrogen-bond donors (Lipinski definition) is 1. The van der Waals surface area contributed by atoms with Crippen molar-refractivity contribution in [1.29, 1.82) is 0 Å². The molecular formula is C47H50N6O6Si. The van der Waals surface area contributed by atoms with E-state index in [1.165, 1.54) is 0 Å². The molecule has 6 heterocycles. The third-order valence-electron chi connectivity index (χ3n) is 11.9. The first-order chi connectivity index (χ1) is 29.0. The number of furan rings is 1. The van der Waals surface area contributed by atoms with Gasteiger partial charge in [-0.3, -0.25) is 19.0 Å². The van der Waals surface area contributed by atoms with Gasteiger partial charge in [0.05, 0.1) is 22.3 Å². The SMILES string of the molecule is Cc1cnc(N2CC3(CCOCC3)C2)c(C(=O)Nc2ccc(C(=O)N3CCc4cc(C(=O)c5nc6ccccc6n5COCC[Si](C)(C)C)oc4-c4ccccc43)cc2)c1. The summed E-state index contributed by atoms with van der Waals surface area (Å²) in [6.45, 7) is 13.3. The van der Waals surface area contributed by atoms with Crippen molar-refractivity contribution in [1.82, 2.24) is 14.5 Å². The zero-order valence-electron chi connectivity index (χ0n) is 34.6. The first-order valence-electron chi connectivity index (χ1n) is 20.8. The van der Waals surface area contributed by atoms with Gasteiger partial charge in [0.2, 0.25) is 0 Å². The average molecular weight is 823 g/mol. The fourth-order valence-corrected chi connectivity index (χ4v) is 9.26. The molecule has 0 saturated carbocycles. The predicted octanol–water partition coefficient (Wildman–Crippen LogP) is 8.62. The lowest BCUT2D eigenvalue weighted by molar-refractivity contribution is -0.000511. The van der Waals surface area contributed by atoms with Crippen LogP contribution >= 0.6 is 0 Å². The minimum absolute atomic E-state index is 0.186. The second-order valence-electron chi connectivity index (χ2n) is 17.6. The first-order valence-corrected chi connectivity index (χ1v) is 24.5. The zero-order valence-corrected chi connectivity index (χ0v) is 35.6. The molecule has 308 valence electrons. The van der Waals surface area contributed by atoms with Crippen molar-refractivity contribution in [2.24, 2.45) is 5.41 Å². The number of fused-ring (bicyclic) bond motifs is 4. The molecule has 3 aromatic heterocycles. The van der Waals surface area contributed by atoms with Crippen LogP contribution in [-0.4, -0.2) is 79.7 Å². The second kappa shape index (κ2) is 15.9. The van der Waals surface area contributed by atoms with E-state index in [1.807, 2.05) is 66.1 Å². The molecular weight excluding hydrogens is 773 g/mol. The molecule has 0 aliphatic carbocycles. The van der Waals surface area contributed by atoms with Crippen LogP contribution < -0.4 is 15.1 Å². The van der Waals surface area contributed by atoms with Gasteiger partial charge >= 0.3 is 0 Å². The van der Waals surface area contributed by atoms with E-state index in [-0.39, 0.29) is 41.3 Å². The number of nitrogens with one attached hydrogen (secondary N) is 1. The van der Waals surface area contributed by atoms with E-state index in [0.29, 0.717) is 59.2 Å². The van der Waals surface area contributed by atoms with Gasteiger partial charge in [-0.25, -0.2) is 9.97 Å². The number of hydrogen-bond acceptors (Lipinski definition) is 9. The Balaban J connectivity index is 0.913. The van der Waals surface area contributed by atoms with Crippen LogP contribution in [0.2, 0.25) is 25.7 Å². The van der Waals surface area contributed by atoms with E-state index >= 15 is 0 Å². The number of carbonyl (C=O) groups is 3. The maximum atomic E-state index is 14.2. The van der Waals surface area contributed by atoms with Gasteiger partial charge in [0.25, 0.3) is 17.6 Å². The predicted molar refractivity (Wildman–Crippen MR) is 235 cm³/mol. The standard InChI is InChI=1S/C47H50N6O6Si/c1-31-25-36(43(48-27-31)51-28-47(29-51)18-21-57-22-19-47)45(55)49-34-15-13-32(14-16-34)46(56)52-20-17-33-26-40(59-42(33)35-9-5-7-11-38(35)52)41(54)44-50-37-10-6-8-12-39(37)53(44)30-58-23-24-60(2,3)4/h5-16,25-27H,17-24,28-30H2,1-4H3,(H,49,55). The van der Waals surface area contributed by atoms with Crippen LogP contribution in [0.4, 0.5) is 17.2 Å². The van der Waals surface area contributed by atoms with Crippen molar-refractivity contribution in [3.05, 3.63) is 125 Å². The van der Waals surface area contributed by atoms with Crippen molar-refractivity contribution in [3.63, 3.8) is 0 Å². The number of pyridine rings is 1. The van der Waals surface area contributed by atoms with Crippen molar-refractivity contribution < 1.29 is 28.3 Å². The molecule has 2 fully saturated rings. The number of para-hydroxylation sites is 3. The number of ether oxygens (including phenoxy) is 2. The molecule has 1 N–H and O–H groups in total. The molecule has 3 aromatic carbocycles. The Morgan fingerprint density at radius 3 is 2.47 bits per heavy atom. The molecule has 0 radical (unpaired) electrons. The number of carbonyl (C=O) groups excluding carboxylic acids is 3. The number of benzene rings is 3. The summed E-state index contributed by atoms with van der Waals surface area (Å²) in [6.07, 6.45) is 4.32. The van der Waals surface area contributed by atoms with Crippen LogP contribution in [0.25, 0.3) is 22.4 Å². The van der Waals surface area contributed by atoms with Crippen molar-refractivity contribution in [3.8, 4) is 11.3 Å². The molecule has 12 nitrogen and oxygen atoms in total. The Kier molecular flexibility index (Phi) is 10.5. The van der Waals surface area contributed by atoms with Crippen LogP contribution in [0.3, 0.4) is 0 Å². The van der Waals surface area contributed by atoms with Gasteiger partial charge in [-0.05, 0) is 98.5 Å². The number of anilines is 3. The molecule has 0 bridgehead atoms. The number of amides is 2. The lowest BCUT2D eigenvalue weighted by Crippen LogP contribution is -2.59. The molecule has 1 spiro atoms. The Labute approximate surface area is 350 Å². The monoisotopic (exact) mass is 822 g/mol. The number of imidazole rings is 1. The van der Waals surface area contributed by atoms with Crippen molar-refractivity contribution in [2.75, 3.05) is 54.6 Å². The van der Waals surface area contributed by atoms with Crippen molar-refractivity contribution >= 4 is 53.9 Å². The Morgan fingerprint density at radius 2 is 1.68 bits per heavy atom. The minimum atomic E-state index is -1.30. The van der Waals surface area contributed by atoms with Gasteiger partial charge in [0.15, 0.2) is 11.6 Å². The Morgan fingerprint density at radius 1 is 0.933 bits per heavy atom. The molecule has 60 heavy (non-hydrogen) atoms. The number of ketones is 1. The summed E-state index contributed by atoms with van der Waals surface area (Å²) in [4.78, 5) is 55.5. The minimum Gasteiger partial charge on any atom is -0.452 e. The fourth-order valence-electron chi connectivity index (χ4n) is 8.51. The van der Waals surface area contributed by atoms with Crippen LogP contribution in [-0.2, 0) is 22.6 Å². The summed E-state index contributed by atoms with van der Waals surface area (Å²) in [5.41, 5.74) is 6.49. The van der Waals surface area contributed by atoms with E-state index < -0.39 is 8.07 Å². The summed E-state index contributed by atoms with van der Waals surface area (Å²) in [5.74, 6) is 0.933. The highest BCUT2D eigenvalue weighted by Gasteiger charge is 2.45.